The zero-order valence-electron chi connectivity index (χ0n) is 20.9. The van der Waals surface area contributed by atoms with E-state index in [-0.39, 0.29) is 25.2 Å². The Hall–Kier alpha value is -0.660. The van der Waals surface area contributed by atoms with E-state index in [0.717, 1.165) is 34.8 Å². The summed E-state index contributed by atoms with van der Waals surface area (Å²) in [5.74, 6) is 0.695. The van der Waals surface area contributed by atoms with Gasteiger partial charge >= 0.3 is 11.9 Å². The molecule has 0 aromatic rings. The molecule has 0 rings (SSSR count). The lowest BCUT2D eigenvalue weighted by Gasteiger charge is -2.20. The SMILES string of the molecule is CCN(CC)C(=S)SCCC(=O)OCCOCCOCCOC(=O)CCSC(=S)N(CC)CC. The van der Waals surface area contributed by atoms with Gasteiger partial charge in [0.2, 0.25) is 0 Å². The third kappa shape index (κ3) is 17.7. The van der Waals surface area contributed by atoms with Gasteiger partial charge in [-0.3, -0.25) is 9.59 Å². The number of nitrogens with zero attached hydrogens (tertiary/aromatic N) is 2. The number of esters is 2. The fraction of sp³-hybridized carbons (Fsp3) is 0.818. The number of carbonyl (C=O) groups is 2. The van der Waals surface area contributed by atoms with E-state index in [0.29, 0.717) is 50.8 Å². The van der Waals surface area contributed by atoms with Crippen molar-refractivity contribution < 1.29 is 28.5 Å². The zero-order valence-corrected chi connectivity index (χ0v) is 24.1. The summed E-state index contributed by atoms with van der Waals surface area (Å²) in [5, 5.41) is 0. The molecule has 0 amide bonds. The zero-order chi connectivity index (χ0) is 25.6. The van der Waals surface area contributed by atoms with E-state index in [1.807, 2.05) is 0 Å². The summed E-state index contributed by atoms with van der Waals surface area (Å²) < 4.78 is 22.6. The number of hydrogen-bond acceptors (Lipinski definition) is 10. The molecule has 0 aliphatic carbocycles. The van der Waals surface area contributed by atoms with Crippen LogP contribution in [0.4, 0.5) is 0 Å². The minimum atomic E-state index is -0.259. The van der Waals surface area contributed by atoms with Crippen LogP contribution >= 0.6 is 48.0 Å². The molecule has 0 saturated heterocycles. The highest BCUT2D eigenvalue weighted by molar-refractivity contribution is 8.23. The molecule has 0 bridgehead atoms. The number of hydrogen-bond donors (Lipinski definition) is 0. The Balaban J connectivity index is 3.52. The predicted octanol–water partition coefficient (Wildman–Crippen LogP) is 3.61. The molecule has 0 saturated carbocycles. The second-order valence-electron chi connectivity index (χ2n) is 6.74. The summed E-state index contributed by atoms with van der Waals surface area (Å²) in [6.07, 6.45) is 0.629. The highest BCUT2D eigenvalue weighted by Crippen LogP contribution is 2.12. The number of ether oxygens (including phenoxy) is 4. The number of thioether (sulfide) groups is 2. The maximum atomic E-state index is 11.7. The van der Waals surface area contributed by atoms with Crippen molar-refractivity contribution in [3.63, 3.8) is 0 Å². The first-order valence-electron chi connectivity index (χ1n) is 11.7. The van der Waals surface area contributed by atoms with E-state index >= 15 is 0 Å². The van der Waals surface area contributed by atoms with Gasteiger partial charge in [0, 0.05) is 37.7 Å². The quantitative estimate of drug-likeness (QED) is 0.132. The fourth-order valence-electron chi connectivity index (χ4n) is 2.48. The van der Waals surface area contributed by atoms with Crippen LogP contribution in [-0.4, -0.2) is 108 Å². The van der Waals surface area contributed by atoms with E-state index in [4.69, 9.17) is 43.4 Å². The average molecular weight is 557 g/mol. The van der Waals surface area contributed by atoms with Crippen LogP contribution in [0, 0.1) is 0 Å². The predicted molar refractivity (Wildman–Crippen MR) is 149 cm³/mol. The Morgan fingerprint density at radius 2 is 0.941 bits per heavy atom. The van der Waals surface area contributed by atoms with Gasteiger partial charge in [0.1, 0.15) is 21.9 Å². The summed E-state index contributed by atoms with van der Waals surface area (Å²) in [7, 11) is 0. The molecule has 12 heteroatoms. The Bertz CT molecular complexity index is 540. The molecule has 0 heterocycles. The lowest BCUT2D eigenvalue weighted by Crippen LogP contribution is -2.27. The Morgan fingerprint density at radius 1 is 0.618 bits per heavy atom. The van der Waals surface area contributed by atoms with E-state index in [1.165, 1.54) is 23.5 Å². The van der Waals surface area contributed by atoms with Crippen molar-refractivity contribution in [2.24, 2.45) is 0 Å². The molecule has 0 N–H and O–H groups in total. The first-order valence-corrected chi connectivity index (χ1v) is 14.5. The van der Waals surface area contributed by atoms with Crippen LogP contribution in [0.1, 0.15) is 40.5 Å². The largest absolute Gasteiger partial charge is 0.463 e. The van der Waals surface area contributed by atoms with Gasteiger partial charge in [-0.05, 0) is 27.7 Å². The van der Waals surface area contributed by atoms with Gasteiger partial charge in [0.05, 0.1) is 39.3 Å². The summed E-state index contributed by atoms with van der Waals surface area (Å²) >= 11 is 13.6. The third-order valence-corrected chi connectivity index (χ3v) is 7.51. The summed E-state index contributed by atoms with van der Waals surface area (Å²) in [4.78, 5) is 27.6. The van der Waals surface area contributed by atoms with Crippen molar-refractivity contribution in [3.8, 4) is 0 Å². The Kier molecular flexibility index (Phi) is 22.3. The summed E-state index contributed by atoms with van der Waals surface area (Å²) in [5.41, 5.74) is 0. The van der Waals surface area contributed by atoms with Crippen molar-refractivity contribution >= 4 is 68.5 Å². The van der Waals surface area contributed by atoms with E-state index < -0.39 is 0 Å². The molecule has 34 heavy (non-hydrogen) atoms. The average Bonchev–Trinajstić information content (AvgIpc) is 2.81. The van der Waals surface area contributed by atoms with Gasteiger partial charge in [-0.2, -0.15) is 0 Å². The minimum absolute atomic E-state index is 0.206. The first-order chi connectivity index (χ1) is 16.4. The van der Waals surface area contributed by atoms with Crippen LogP contribution in [-0.2, 0) is 28.5 Å². The lowest BCUT2D eigenvalue weighted by atomic mass is 10.5. The molecular weight excluding hydrogens is 517 g/mol. The molecule has 0 aromatic carbocycles. The van der Waals surface area contributed by atoms with Crippen LogP contribution in [0.5, 0.6) is 0 Å². The topological polar surface area (TPSA) is 77.5 Å². The maximum absolute atomic E-state index is 11.7. The standard InChI is InChI=1S/C22H40N2O6S4/c1-5-23(6-2)21(31)33-17-9-19(25)29-15-13-27-11-12-28-14-16-30-20(26)10-18-34-22(32)24(7-3)8-4/h5-18H2,1-4H3. The number of thiocarbonyl (C=S) groups is 2. The molecule has 0 atom stereocenters. The molecule has 198 valence electrons. The minimum Gasteiger partial charge on any atom is -0.463 e. The Labute approximate surface area is 224 Å². The van der Waals surface area contributed by atoms with Crippen molar-refractivity contribution in [1.82, 2.24) is 9.80 Å². The van der Waals surface area contributed by atoms with Crippen LogP contribution in [0.3, 0.4) is 0 Å². The van der Waals surface area contributed by atoms with Gasteiger partial charge in [-0.1, -0.05) is 48.0 Å². The van der Waals surface area contributed by atoms with Crippen LogP contribution in [0.15, 0.2) is 0 Å². The van der Waals surface area contributed by atoms with Crippen molar-refractivity contribution in [2.75, 3.05) is 77.3 Å². The van der Waals surface area contributed by atoms with E-state index in [9.17, 15) is 9.59 Å². The molecule has 0 aromatic heterocycles. The second kappa shape index (κ2) is 22.8. The van der Waals surface area contributed by atoms with Crippen LogP contribution in [0.25, 0.3) is 0 Å². The molecule has 0 aliphatic rings. The van der Waals surface area contributed by atoms with E-state index in [1.54, 1.807) is 0 Å². The third-order valence-electron chi connectivity index (χ3n) is 4.46. The lowest BCUT2D eigenvalue weighted by molar-refractivity contribution is -0.146. The first kappa shape index (κ1) is 33.3. The molecule has 0 aliphatic heterocycles. The van der Waals surface area contributed by atoms with Gasteiger partial charge in [-0.15, -0.1) is 0 Å². The van der Waals surface area contributed by atoms with Gasteiger partial charge in [0.25, 0.3) is 0 Å². The van der Waals surface area contributed by atoms with Gasteiger partial charge in [0.15, 0.2) is 0 Å². The summed E-state index contributed by atoms with van der Waals surface area (Å²) in [6, 6.07) is 0. The maximum Gasteiger partial charge on any atom is 0.306 e. The van der Waals surface area contributed by atoms with Crippen LogP contribution in [0.2, 0.25) is 0 Å². The number of carbonyl (C=O) groups excluding carboxylic acids is 2. The second-order valence-corrected chi connectivity index (χ2v) is 10.2. The molecule has 8 nitrogen and oxygen atoms in total. The highest BCUT2D eigenvalue weighted by Gasteiger charge is 2.09. The Morgan fingerprint density at radius 3 is 1.26 bits per heavy atom. The van der Waals surface area contributed by atoms with E-state index in [2.05, 4.69) is 37.5 Å². The van der Waals surface area contributed by atoms with Gasteiger partial charge in [-0.25, -0.2) is 0 Å². The van der Waals surface area contributed by atoms with Crippen molar-refractivity contribution in [1.29, 1.82) is 0 Å². The molecule has 0 unspecified atom stereocenters. The number of rotatable bonds is 19. The monoisotopic (exact) mass is 556 g/mol. The fourth-order valence-corrected chi connectivity index (χ4v) is 5.27. The smallest absolute Gasteiger partial charge is 0.306 e. The molecule has 0 radical (unpaired) electrons. The van der Waals surface area contributed by atoms with Crippen molar-refractivity contribution in [2.45, 2.75) is 40.5 Å². The highest BCUT2D eigenvalue weighted by atomic mass is 32.2. The molecular formula is C22H40N2O6S4. The van der Waals surface area contributed by atoms with Gasteiger partial charge < -0.3 is 28.7 Å². The summed E-state index contributed by atoms with van der Waals surface area (Å²) in [6.45, 7) is 13.5. The molecule has 0 spiro atoms. The molecule has 0 fully saturated rings. The van der Waals surface area contributed by atoms with Crippen LogP contribution < -0.4 is 0 Å². The van der Waals surface area contributed by atoms with Crippen molar-refractivity contribution in [3.05, 3.63) is 0 Å². The normalized spacial score (nSPS) is 10.6.